The van der Waals surface area contributed by atoms with Crippen LogP contribution >= 0.6 is 0 Å². The summed E-state index contributed by atoms with van der Waals surface area (Å²) >= 11 is 0. The molecule has 0 aliphatic carbocycles. The Morgan fingerprint density at radius 3 is 1.59 bits per heavy atom. The van der Waals surface area contributed by atoms with Gasteiger partial charge in [0.05, 0.1) is 0 Å². The average molecular weight is 362 g/mol. The molecular weight excluding hydrogens is 354 g/mol. The third kappa shape index (κ3) is 3.52. The zero-order chi connectivity index (χ0) is 17.5. The van der Waals surface area contributed by atoms with E-state index in [4.69, 9.17) is 0 Å². The number of hydrogen-bond acceptors (Lipinski definition) is 3. The summed E-state index contributed by atoms with van der Waals surface area (Å²) in [7, 11) is -7.41. The van der Waals surface area contributed by atoms with Gasteiger partial charge in [-0.3, -0.25) is 0 Å². The fourth-order valence-electron chi connectivity index (χ4n) is 1.18. The number of rotatable bonds is 7. The zero-order valence-electron chi connectivity index (χ0n) is 11.0. The molecule has 0 radical (unpaired) electrons. The van der Waals surface area contributed by atoms with Gasteiger partial charge in [0.2, 0.25) is 0 Å². The number of halogens is 9. The minimum Gasteiger partial charge on any atom is -0.743 e. The molecule has 1 atom stereocenters. The van der Waals surface area contributed by atoms with Gasteiger partial charge in [0.15, 0.2) is 16.3 Å². The summed E-state index contributed by atoms with van der Waals surface area (Å²) in [6.45, 7) is 1.01. The molecule has 0 heterocycles. The van der Waals surface area contributed by atoms with E-state index in [1.807, 2.05) is 0 Å². The molecule has 1 unspecified atom stereocenters. The molecule has 0 aromatic carbocycles. The van der Waals surface area contributed by atoms with E-state index in [1.165, 1.54) is 0 Å². The van der Waals surface area contributed by atoms with E-state index < -0.39 is 52.2 Å². The minimum absolute atomic E-state index is 0. The van der Waals surface area contributed by atoms with Crippen molar-refractivity contribution >= 4 is 10.1 Å². The van der Waals surface area contributed by atoms with Crippen LogP contribution in [0.2, 0.25) is 0 Å². The molecule has 14 heteroatoms. The molecule has 0 bridgehead atoms. The van der Waals surface area contributed by atoms with Crippen molar-refractivity contribution in [2.45, 2.75) is 49.0 Å². The second kappa shape index (κ2) is 6.78. The maximum Gasteiger partial charge on any atom is 1.00 e. The van der Waals surface area contributed by atoms with Crippen LogP contribution in [0, 0.1) is 0 Å². The molecular formula is C8H8F9LiO3S. The fraction of sp³-hybridized carbons (Fsp3) is 1.00. The molecule has 0 aromatic heterocycles. The maximum absolute atomic E-state index is 13.0. The molecule has 22 heavy (non-hydrogen) atoms. The molecule has 0 saturated carbocycles. The van der Waals surface area contributed by atoms with Crippen molar-refractivity contribution < 1.29 is 71.3 Å². The van der Waals surface area contributed by atoms with Crippen molar-refractivity contribution in [2.75, 3.05) is 0 Å². The first-order valence-corrected chi connectivity index (χ1v) is 6.50. The molecule has 0 rings (SSSR count). The van der Waals surface area contributed by atoms with Gasteiger partial charge >= 0.3 is 41.9 Å². The SMILES string of the molecule is CCCC(F)C(F)(F)C(F)(F)C(F)(F)C(F)(F)S(=O)(=O)[O-].[Li+]. The van der Waals surface area contributed by atoms with E-state index in [1.54, 1.807) is 0 Å². The Balaban J connectivity index is 0. The Morgan fingerprint density at radius 1 is 0.955 bits per heavy atom. The number of alkyl halides is 9. The van der Waals surface area contributed by atoms with Crippen LogP contribution in [0.1, 0.15) is 19.8 Å². The van der Waals surface area contributed by atoms with Gasteiger partial charge in [-0.1, -0.05) is 13.3 Å². The van der Waals surface area contributed by atoms with Crippen molar-refractivity contribution in [3.8, 4) is 0 Å². The van der Waals surface area contributed by atoms with Gasteiger partial charge < -0.3 is 4.55 Å². The summed E-state index contributed by atoms with van der Waals surface area (Å²) < 4.78 is 145. The van der Waals surface area contributed by atoms with Crippen LogP contribution in [-0.4, -0.2) is 42.2 Å². The molecule has 0 aromatic rings. The summed E-state index contributed by atoms with van der Waals surface area (Å²) in [5, 5.41) is -7.06. The van der Waals surface area contributed by atoms with Crippen molar-refractivity contribution in [1.29, 1.82) is 0 Å². The normalized spacial score (nSPS) is 16.1. The van der Waals surface area contributed by atoms with E-state index >= 15 is 0 Å². The van der Waals surface area contributed by atoms with Crippen LogP contribution in [0.25, 0.3) is 0 Å². The third-order valence-corrected chi connectivity index (χ3v) is 3.31. The summed E-state index contributed by atoms with van der Waals surface area (Å²) in [5.74, 6) is -20.8. The molecule has 0 spiro atoms. The second-order valence-electron chi connectivity index (χ2n) is 4.00. The summed E-state index contributed by atoms with van der Waals surface area (Å²) in [6.07, 6.45) is -5.85. The van der Waals surface area contributed by atoms with E-state index in [2.05, 4.69) is 0 Å². The first kappa shape index (κ1) is 24.1. The van der Waals surface area contributed by atoms with Crippen molar-refractivity contribution in [3.05, 3.63) is 0 Å². The molecule has 128 valence electrons. The predicted molar refractivity (Wildman–Crippen MR) is 49.3 cm³/mol. The summed E-state index contributed by atoms with van der Waals surface area (Å²) in [5.41, 5.74) is 0. The fourth-order valence-corrected chi connectivity index (χ4v) is 1.62. The minimum atomic E-state index is -7.41. The Labute approximate surface area is 131 Å². The Hall–Kier alpha value is -0.123. The monoisotopic (exact) mass is 362 g/mol. The maximum atomic E-state index is 13.0. The first-order chi connectivity index (χ1) is 8.98. The van der Waals surface area contributed by atoms with Gasteiger partial charge in [-0.05, 0) is 6.42 Å². The zero-order valence-corrected chi connectivity index (χ0v) is 11.8. The van der Waals surface area contributed by atoms with E-state index in [9.17, 15) is 52.5 Å². The second-order valence-corrected chi connectivity index (χ2v) is 5.42. The summed E-state index contributed by atoms with van der Waals surface area (Å²) in [6, 6.07) is 0. The van der Waals surface area contributed by atoms with Gasteiger partial charge in [-0.25, -0.2) is 12.8 Å². The van der Waals surface area contributed by atoms with Crippen LogP contribution in [0.15, 0.2) is 0 Å². The predicted octanol–water partition coefficient (Wildman–Crippen LogP) is 0.173. The smallest absolute Gasteiger partial charge is 0.743 e. The topological polar surface area (TPSA) is 57.2 Å². The van der Waals surface area contributed by atoms with Crippen molar-refractivity contribution in [2.24, 2.45) is 0 Å². The van der Waals surface area contributed by atoms with Crippen LogP contribution in [0.4, 0.5) is 39.5 Å². The van der Waals surface area contributed by atoms with Gasteiger partial charge in [-0.15, -0.1) is 0 Å². The molecule has 3 nitrogen and oxygen atoms in total. The largest absolute Gasteiger partial charge is 1.00 e. The molecule has 0 N–H and O–H groups in total. The standard InChI is InChI=1S/C8H9F9O3S.Li/c1-2-3-4(9)5(10,11)6(12,13)7(14,15)8(16,17)21(18,19)20;/h4H,2-3H2,1H3,(H,18,19,20);/q;+1/p-1. The molecule has 0 aliphatic heterocycles. The molecule has 0 aliphatic rings. The molecule has 0 fully saturated rings. The third-order valence-electron chi connectivity index (χ3n) is 2.43. The Kier molecular flexibility index (Phi) is 7.44. The summed E-state index contributed by atoms with van der Waals surface area (Å²) in [4.78, 5) is 0. The quantitative estimate of drug-likeness (QED) is 0.369. The Bertz CT molecular complexity index is 479. The van der Waals surface area contributed by atoms with Gasteiger partial charge in [0.1, 0.15) is 0 Å². The van der Waals surface area contributed by atoms with Crippen molar-refractivity contribution in [3.63, 3.8) is 0 Å². The Morgan fingerprint density at radius 2 is 1.32 bits per heavy atom. The van der Waals surface area contributed by atoms with E-state index in [0.29, 0.717) is 0 Å². The molecule has 0 amide bonds. The van der Waals surface area contributed by atoms with Gasteiger partial charge in [0.25, 0.3) is 0 Å². The van der Waals surface area contributed by atoms with Crippen LogP contribution in [0.3, 0.4) is 0 Å². The van der Waals surface area contributed by atoms with Crippen LogP contribution < -0.4 is 18.9 Å². The van der Waals surface area contributed by atoms with E-state index in [-0.39, 0.29) is 18.9 Å². The molecule has 0 saturated heterocycles. The van der Waals surface area contributed by atoms with Gasteiger partial charge in [-0.2, -0.15) is 35.1 Å². The average Bonchev–Trinajstić information content (AvgIpc) is 2.26. The van der Waals surface area contributed by atoms with Crippen molar-refractivity contribution in [1.82, 2.24) is 0 Å². The van der Waals surface area contributed by atoms with E-state index in [0.717, 1.165) is 6.92 Å². The number of hydrogen-bond donors (Lipinski definition) is 0. The van der Waals surface area contributed by atoms with Gasteiger partial charge in [0, 0.05) is 0 Å². The van der Waals surface area contributed by atoms with Crippen LogP contribution in [0.5, 0.6) is 0 Å². The van der Waals surface area contributed by atoms with Crippen LogP contribution in [-0.2, 0) is 10.1 Å². The first-order valence-electron chi connectivity index (χ1n) is 5.09.